The molecule has 0 aromatic heterocycles. The first-order valence-electron chi connectivity index (χ1n) is 11.6. The van der Waals surface area contributed by atoms with Crippen LogP contribution in [0.25, 0.3) is 0 Å². The molecule has 4 nitrogen and oxygen atoms in total. The number of hydrogen-bond acceptors (Lipinski definition) is 4. The van der Waals surface area contributed by atoms with Gasteiger partial charge in [0, 0.05) is 42.9 Å². The van der Waals surface area contributed by atoms with Crippen molar-refractivity contribution in [1.82, 2.24) is 0 Å². The molecule has 0 aromatic rings. The van der Waals surface area contributed by atoms with Gasteiger partial charge in [-0.15, -0.1) is 0 Å². The third-order valence-corrected chi connectivity index (χ3v) is 7.27. The molecule has 196 valence electrons. The van der Waals surface area contributed by atoms with Crippen LogP contribution in [-0.2, 0) is 24.1 Å². The van der Waals surface area contributed by atoms with E-state index in [0.717, 1.165) is 50.5 Å². The fraction of sp³-hybridized carbons (Fsp3) is 0.720. The second-order valence-electron chi connectivity index (χ2n) is 9.38. The first-order valence-corrected chi connectivity index (χ1v) is 26.6. The summed E-state index contributed by atoms with van der Waals surface area (Å²) in [7, 11) is 0. The van der Waals surface area contributed by atoms with E-state index in [-0.39, 0.29) is 29.0 Å². The van der Waals surface area contributed by atoms with Gasteiger partial charge in [0.15, 0.2) is 5.78 Å². The van der Waals surface area contributed by atoms with Crippen molar-refractivity contribution in [3.63, 3.8) is 0 Å². The molecular formula is C25H38I4O4V-. The van der Waals surface area contributed by atoms with Crippen LogP contribution in [0.2, 0.25) is 0 Å². The van der Waals surface area contributed by atoms with Crippen molar-refractivity contribution in [2.75, 3.05) is 4.43 Å². The number of alkyl halides is 1. The van der Waals surface area contributed by atoms with E-state index in [0.29, 0.717) is 49.0 Å². The van der Waals surface area contributed by atoms with E-state index in [2.05, 4.69) is 96.4 Å². The summed E-state index contributed by atoms with van der Waals surface area (Å²) in [6, 6.07) is 0. The van der Waals surface area contributed by atoms with Gasteiger partial charge in [0.25, 0.3) is 0 Å². The van der Waals surface area contributed by atoms with Gasteiger partial charge < -0.3 is 7.43 Å². The molecule has 0 aliphatic heterocycles. The quantitative estimate of drug-likeness (QED) is 0.139. The van der Waals surface area contributed by atoms with E-state index in [4.69, 9.17) is 0 Å². The van der Waals surface area contributed by atoms with Crippen LogP contribution in [0, 0.1) is 24.2 Å². The molecule has 34 heavy (non-hydrogen) atoms. The maximum absolute atomic E-state index is 11.7. The number of Topliss-reactive ketones (excluding diaryl/α,β-unsaturated/α-hetero) is 3. The van der Waals surface area contributed by atoms with Gasteiger partial charge in [-0.3, -0.25) is 19.2 Å². The number of hydrogen-bond donors (Lipinski definition) is 0. The summed E-state index contributed by atoms with van der Waals surface area (Å²) < 4.78 is 1.22. The standard InChI is InChI=1S/C11H16O2.C11H14O2.C2H5I.CH3.3HI.V/c2*1-11-6-5-9(12)7-8(11)3-2-4-10(11)13;1-2-3;;;;;/h8H,2-7H2,1H3;7H,2-6H2,1H3;2H2,1H3;1H3;3*1H;/q;;;-1;;;;+3/p-3. The van der Waals surface area contributed by atoms with Gasteiger partial charge in [0.1, 0.15) is 17.3 Å². The Morgan fingerprint density at radius 2 is 1.47 bits per heavy atom. The summed E-state index contributed by atoms with van der Waals surface area (Å²) in [6.45, 7) is 6.17. The molecule has 4 aliphatic carbocycles. The van der Waals surface area contributed by atoms with E-state index >= 15 is 0 Å². The molecule has 0 saturated heterocycles. The average molecular weight is 961 g/mol. The van der Waals surface area contributed by atoms with Crippen molar-refractivity contribution in [3.8, 4) is 0 Å². The van der Waals surface area contributed by atoms with Crippen molar-refractivity contribution in [2.24, 2.45) is 16.7 Å². The number of fused-ring (bicyclic) bond motifs is 2. The first-order chi connectivity index (χ1) is 15.4. The van der Waals surface area contributed by atoms with E-state index in [9.17, 15) is 19.2 Å². The Hall–Kier alpha value is 1.92. The predicted octanol–water partition coefficient (Wildman–Crippen LogP) is 8.70. The van der Waals surface area contributed by atoms with Crippen LogP contribution in [0.1, 0.15) is 91.4 Å². The number of ketones is 4. The van der Waals surface area contributed by atoms with E-state index < -0.39 is 0 Å². The maximum atomic E-state index is 11.7. The molecule has 9 heteroatoms. The summed E-state index contributed by atoms with van der Waals surface area (Å²) in [5, 5.41) is 0. The molecule has 3 unspecified atom stereocenters. The Labute approximate surface area is 258 Å². The zero-order valence-electron chi connectivity index (χ0n) is 20.7. The second kappa shape index (κ2) is 17.5. The summed E-state index contributed by atoms with van der Waals surface area (Å²) in [4.78, 5) is 45.6. The molecule has 0 bridgehead atoms. The molecule has 0 amide bonds. The summed E-state index contributed by atoms with van der Waals surface area (Å²) in [6.07, 6.45) is 10.4. The molecule has 0 spiro atoms. The molecular weight excluding hydrogens is 923 g/mol. The molecule has 0 aromatic carbocycles. The van der Waals surface area contributed by atoms with Gasteiger partial charge in [0.05, 0.1) is 0 Å². The summed E-state index contributed by atoms with van der Waals surface area (Å²) in [5.74, 6) is 1.64. The number of carbonyl (C=O) groups is 4. The Morgan fingerprint density at radius 3 is 2.06 bits per heavy atom. The number of allylic oxidation sites excluding steroid dienone is 2. The zero-order valence-corrected chi connectivity index (χ0v) is 30.8. The van der Waals surface area contributed by atoms with Gasteiger partial charge in [-0.1, -0.05) is 42.0 Å². The van der Waals surface area contributed by atoms with Crippen LogP contribution in [0.4, 0.5) is 0 Å². The molecule has 3 fully saturated rings. The third-order valence-electron chi connectivity index (χ3n) is 7.27. The van der Waals surface area contributed by atoms with Gasteiger partial charge in [-0.25, -0.2) is 0 Å². The second-order valence-corrected chi connectivity index (χ2v) is 46.3. The van der Waals surface area contributed by atoms with Crippen molar-refractivity contribution in [3.05, 3.63) is 19.1 Å². The number of halogens is 4. The minimum atomic E-state index is -0.286. The summed E-state index contributed by atoms with van der Waals surface area (Å²) in [5.41, 5.74) is 0.651. The van der Waals surface area contributed by atoms with E-state index in [1.807, 2.05) is 6.92 Å². The van der Waals surface area contributed by atoms with Crippen molar-refractivity contribution < 1.29 is 24.1 Å². The van der Waals surface area contributed by atoms with Gasteiger partial charge in [-0.05, 0) is 61.9 Å². The van der Waals surface area contributed by atoms with E-state index in [1.54, 1.807) is 6.08 Å². The molecule has 3 atom stereocenters. The number of carbonyl (C=O) groups excluding carboxylic acids is 4. The Kier molecular flexibility index (Phi) is 18.5. The topological polar surface area (TPSA) is 68.3 Å². The Morgan fingerprint density at radius 1 is 0.912 bits per heavy atom. The van der Waals surface area contributed by atoms with Crippen LogP contribution in [0.5, 0.6) is 0 Å². The van der Waals surface area contributed by atoms with Crippen LogP contribution < -0.4 is 0 Å². The van der Waals surface area contributed by atoms with Crippen molar-refractivity contribution in [2.45, 2.75) is 91.4 Å². The molecule has 0 heterocycles. The molecule has 3 saturated carbocycles. The monoisotopic (exact) mass is 961 g/mol. The van der Waals surface area contributed by atoms with Gasteiger partial charge >= 0.3 is 64.9 Å². The molecule has 0 radical (unpaired) electrons. The van der Waals surface area contributed by atoms with Gasteiger partial charge in [0.2, 0.25) is 0 Å². The Bertz CT molecular complexity index is 752. The third kappa shape index (κ3) is 11.0. The van der Waals surface area contributed by atoms with Crippen LogP contribution in [0.15, 0.2) is 11.6 Å². The van der Waals surface area contributed by atoms with Gasteiger partial charge in [-0.2, -0.15) is 0 Å². The number of rotatable bonds is 0. The van der Waals surface area contributed by atoms with E-state index in [1.165, 1.54) is 4.43 Å². The molecule has 4 aliphatic rings. The normalized spacial score (nSPS) is 30.0. The molecule has 0 N–H and O–H groups in total. The fourth-order valence-electron chi connectivity index (χ4n) is 5.13. The Balaban J connectivity index is 0.000000494. The predicted molar refractivity (Wildman–Crippen MR) is 172 cm³/mol. The van der Waals surface area contributed by atoms with Crippen LogP contribution in [0.3, 0.4) is 0 Å². The van der Waals surface area contributed by atoms with Crippen LogP contribution >= 0.6 is 82.5 Å². The fourth-order valence-corrected chi connectivity index (χ4v) is 5.13. The first kappa shape index (κ1) is 35.9. The molecule has 4 rings (SSSR count). The summed E-state index contributed by atoms with van der Waals surface area (Å²) >= 11 is 9.68. The van der Waals surface area contributed by atoms with Crippen molar-refractivity contribution >= 4 is 106 Å². The SMILES string of the molecule is CC12CCC(=O)C=C1CCCC2=O.CC12CCC(=O)CC1CCCC2=O.CCI.[CH3-].[I][V]([I])[I]. The van der Waals surface area contributed by atoms with Crippen molar-refractivity contribution in [1.29, 1.82) is 0 Å². The van der Waals surface area contributed by atoms with Crippen LogP contribution in [-0.4, -0.2) is 27.6 Å². The average Bonchev–Trinajstić information content (AvgIpc) is 2.72. The minimum absolute atomic E-state index is 0. The zero-order chi connectivity index (χ0) is 25.2.